The van der Waals surface area contributed by atoms with Crippen molar-refractivity contribution in [2.24, 2.45) is 11.8 Å². The first kappa shape index (κ1) is 16.5. The summed E-state index contributed by atoms with van der Waals surface area (Å²) in [6.45, 7) is 8.67. The number of rotatable bonds is 5. The smallest absolute Gasteiger partial charge is 0.223 e. The summed E-state index contributed by atoms with van der Waals surface area (Å²) in [7, 11) is 0. The third-order valence-electron chi connectivity index (χ3n) is 4.12. The van der Waals surface area contributed by atoms with Gasteiger partial charge in [0, 0.05) is 38.7 Å². The average molecular weight is 306 g/mol. The fourth-order valence-electron chi connectivity index (χ4n) is 2.83. The number of imidazole rings is 1. The number of likely N-dealkylation sites (tertiary alicyclic amines) is 1. The summed E-state index contributed by atoms with van der Waals surface area (Å²) in [4.78, 5) is 29.5. The summed E-state index contributed by atoms with van der Waals surface area (Å²) in [6.07, 6.45) is 5.11. The quantitative estimate of drug-likeness (QED) is 0.894. The molecule has 0 bridgehead atoms. The first-order valence-corrected chi connectivity index (χ1v) is 7.99. The topological polar surface area (TPSA) is 67.2 Å². The maximum Gasteiger partial charge on any atom is 0.223 e. The van der Waals surface area contributed by atoms with Gasteiger partial charge >= 0.3 is 0 Å². The van der Waals surface area contributed by atoms with Crippen LogP contribution in [0.1, 0.15) is 39.3 Å². The van der Waals surface area contributed by atoms with Gasteiger partial charge in [0.05, 0.1) is 18.6 Å². The molecule has 0 unspecified atom stereocenters. The predicted molar refractivity (Wildman–Crippen MR) is 83.9 cm³/mol. The van der Waals surface area contributed by atoms with E-state index in [-0.39, 0.29) is 17.7 Å². The lowest BCUT2D eigenvalue weighted by atomic mass is 9.96. The highest BCUT2D eigenvalue weighted by Gasteiger charge is 2.25. The highest BCUT2D eigenvalue weighted by Crippen LogP contribution is 2.17. The molecule has 1 fully saturated rings. The van der Waals surface area contributed by atoms with E-state index in [1.807, 2.05) is 11.2 Å². The Bertz CT molecular complexity index is 516. The van der Waals surface area contributed by atoms with Crippen LogP contribution in [0.25, 0.3) is 0 Å². The van der Waals surface area contributed by atoms with Gasteiger partial charge in [-0.3, -0.25) is 9.59 Å². The molecule has 1 aromatic rings. The zero-order chi connectivity index (χ0) is 16.1. The maximum absolute atomic E-state index is 12.3. The number of nitrogens with one attached hydrogen (secondary N) is 1. The number of hydrogen-bond acceptors (Lipinski definition) is 3. The fourth-order valence-corrected chi connectivity index (χ4v) is 2.83. The molecule has 6 nitrogen and oxygen atoms in total. The van der Waals surface area contributed by atoms with Crippen LogP contribution < -0.4 is 5.32 Å². The van der Waals surface area contributed by atoms with E-state index in [1.165, 1.54) is 0 Å². The van der Waals surface area contributed by atoms with E-state index in [9.17, 15) is 9.59 Å². The molecular weight excluding hydrogens is 280 g/mol. The lowest BCUT2D eigenvalue weighted by molar-refractivity contribution is -0.134. The minimum Gasteiger partial charge on any atom is -0.350 e. The molecular formula is C16H26N4O2. The van der Waals surface area contributed by atoms with E-state index in [1.54, 1.807) is 13.1 Å². The van der Waals surface area contributed by atoms with Gasteiger partial charge in [0.15, 0.2) is 0 Å². The lowest BCUT2D eigenvalue weighted by Crippen LogP contribution is -2.42. The average Bonchev–Trinajstić information content (AvgIpc) is 2.91. The molecule has 0 saturated carbocycles. The van der Waals surface area contributed by atoms with Crippen LogP contribution in [0.4, 0.5) is 0 Å². The van der Waals surface area contributed by atoms with Gasteiger partial charge in [0.1, 0.15) is 0 Å². The minimum absolute atomic E-state index is 0.0112. The first-order valence-electron chi connectivity index (χ1n) is 7.99. The standard InChI is InChI=1S/C16H26N4O2/c1-12(2)10-20-11-17-8-15(20)9-18-16(22)14-4-6-19(7-5-14)13(3)21/h8,11-12,14H,4-7,9-10H2,1-3H3,(H,18,22). The normalized spacial score (nSPS) is 16.1. The third kappa shape index (κ3) is 4.32. The maximum atomic E-state index is 12.3. The van der Waals surface area contributed by atoms with E-state index in [0.29, 0.717) is 25.6 Å². The minimum atomic E-state index is 0.0112. The Labute approximate surface area is 131 Å². The second-order valence-electron chi connectivity index (χ2n) is 6.43. The summed E-state index contributed by atoms with van der Waals surface area (Å²) in [6, 6.07) is 0. The molecule has 2 heterocycles. The SMILES string of the molecule is CC(=O)N1CCC(C(=O)NCc2cncn2CC(C)C)CC1. The number of nitrogens with zero attached hydrogens (tertiary/aromatic N) is 3. The molecule has 2 amide bonds. The van der Waals surface area contributed by atoms with E-state index in [4.69, 9.17) is 0 Å². The molecule has 0 aliphatic carbocycles. The van der Waals surface area contributed by atoms with Crippen molar-refractivity contribution >= 4 is 11.8 Å². The Morgan fingerprint density at radius 2 is 2.05 bits per heavy atom. The van der Waals surface area contributed by atoms with Gasteiger partial charge in [-0.1, -0.05) is 13.8 Å². The first-order chi connectivity index (χ1) is 10.5. The molecule has 0 spiro atoms. The molecule has 0 atom stereocenters. The van der Waals surface area contributed by atoms with E-state index in [0.717, 1.165) is 25.1 Å². The molecule has 1 N–H and O–H groups in total. The number of carbonyl (C=O) groups is 2. The Morgan fingerprint density at radius 3 is 2.64 bits per heavy atom. The predicted octanol–water partition coefficient (Wildman–Crippen LogP) is 1.41. The highest BCUT2D eigenvalue weighted by atomic mass is 16.2. The largest absolute Gasteiger partial charge is 0.350 e. The van der Waals surface area contributed by atoms with Crippen LogP contribution in [0.3, 0.4) is 0 Å². The van der Waals surface area contributed by atoms with Gasteiger partial charge in [0.25, 0.3) is 0 Å². The second-order valence-corrected chi connectivity index (χ2v) is 6.43. The van der Waals surface area contributed by atoms with Crippen molar-refractivity contribution in [2.45, 2.75) is 46.7 Å². The lowest BCUT2D eigenvalue weighted by Gasteiger charge is -2.30. The summed E-state index contributed by atoms with van der Waals surface area (Å²) in [5.74, 6) is 0.730. The van der Waals surface area contributed by atoms with Crippen molar-refractivity contribution in [1.82, 2.24) is 19.8 Å². The number of aromatic nitrogens is 2. The Balaban J connectivity index is 1.81. The summed E-state index contributed by atoms with van der Waals surface area (Å²) in [5, 5.41) is 3.01. The molecule has 6 heteroatoms. The molecule has 2 rings (SSSR count). The molecule has 0 radical (unpaired) electrons. The van der Waals surface area contributed by atoms with Crippen LogP contribution in [0.2, 0.25) is 0 Å². The van der Waals surface area contributed by atoms with Crippen LogP contribution >= 0.6 is 0 Å². The molecule has 1 aliphatic heterocycles. The third-order valence-corrected chi connectivity index (χ3v) is 4.12. The zero-order valence-electron chi connectivity index (χ0n) is 13.7. The summed E-state index contributed by atoms with van der Waals surface area (Å²) in [5.41, 5.74) is 1.03. The molecule has 1 saturated heterocycles. The zero-order valence-corrected chi connectivity index (χ0v) is 13.7. The van der Waals surface area contributed by atoms with Crippen molar-refractivity contribution < 1.29 is 9.59 Å². The van der Waals surface area contributed by atoms with Gasteiger partial charge in [-0.2, -0.15) is 0 Å². The van der Waals surface area contributed by atoms with E-state index < -0.39 is 0 Å². The monoisotopic (exact) mass is 306 g/mol. The van der Waals surface area contributed by atoms with Crippen molar-refractivity contribution in [2.75, 3.05) is 13.1 Å². The van der Waals surface area contributed by atoms with Crippen LogP contribution in [0, 0.1) is 11.8 Å². The highest BCUT2D eigenvalue weighted by molar-refractivity contribution is 5.79. The van der Waals surface area contributed by atoms with Crippen molar-refractivity contribution in [1.29, 1.82) is 0 Å². The van der Waals surface area contributed by atoms with Gasteiger partial charge in [0.2, 0.25) is 11.8 Å². The van der Waals surface area contributed by atoms with Crippen LogP contribution in [-0.2, 0) is 22.7 Å². The van der Waals surface area contributed by atoms with Crippen molar-refractivity contribution in [3.05, 3.63) is 18.2 Å². The summed E-state index contributed by atoms with van der Waals surface area (Å²) >= 11 is 0. The van der Waals surface area contributed by atoms with Gasteiger partial charge in [-0.05, 0) is 18.8 Å². The van der Waals surface area contributed by atoms with Gasteiger partial charge < -0.3 is 14.8 Å². The van der Waals surface area contributed by atoms with Gasteiger partial charge in [-0.15, -0.1) is 0 Å². The fraction of sp³-hybridized carbons (Fsp3) is 0.688. The summed E-state index contributed by atoms with van der Waals surface area (Å²) < 4.78 is 2.09. The van der Waals surface area contributed by atoms with E-state index in [2.05, 4.69) is 28.7 Å². The van der Waals surface area contributed by atoms with Crippen molar-refractivity contribution in [3.63, 3.8) is 0 Å². The number of piperidine rings is 1. The molecule has 1 aromatic heterocycles. The number of hydrogen-bond donors (Lipinski definition) is 1. The second kappa shape index (κ2) is 7.42. The van der Waals surface area contributed by atoms with E-state index >= 15 is 0 Å². The molecule has 122 valence electrons. The number of amides is 2. The molecule has 0 aromatic carbocycles. The van der Waals surface area contributed by atoms with Gasteiger partial charge in [-0.25, -0.2) is 4.98 Å². The number of carbonyl (C=O) groups excluding carboxylic acids is 2. The van der Waals surface area contributed by atoms with Crippen LogP contribution in [0.5, 0.6) is 0 Å². The van der Waals surface area contributed by atoms with Crippen LogP contribution in [-0.4, -0.2) is 39.4 Å². The Morgan fingerprint density at radius 1 is 1.36 bits per heavy atom. The molecule has 1 aliphatic rings. The van der Waals surface area contributed by atoms with Crippen molar-refractivity contribution in [3.8, 4) is 0 Å². The Hall–Kier alpha value is -1.85. The Kier molecular flexibility index (Phi) is 5.57. The van der Waals surface area contributed by atoms with Crippen LogP contribution in [0.15, 0.2) is 12.5 Å². The molecule has 22 heavy (non-hydrogen) atoms.